The fraction of sp³-hybridized carbons (Fsp3) is 0.929. The first-order valence-electron chi connectivity index (χ1n) is 7.15. The zero-order valence-electron chi connectivity index (χ0n) is 12.3. The number of nitrogens with one attached hydrogen (secondary N) is 2. The van der Waals surface area contributed by atoms with E-state index in [1.807, 2.05) is 0 Å². The molecule has 1 amide bonds. The molecular formula is C14H29N3O. The summed E-state index contributed by atoms with van der Waals surface area (Å²) in [4.78, 5) is 14.2. The van der Waals surface area contributed by atoms with E-state index in [9.17, 15) is 4.79 Å². The first-order chi connectivity index (χ1) is 8.50. The monoisotopic (exact) mass is 255 g/mol. The maximum Gasteiger partial charge on any atom is 0.224 e. The molecule has 0 aromatic rings. The molecular weight excluding hydrogens is 226 g/mol. The molecule has 0 aliphatic carbocycles. The molecule has 0 aromatic heterocycles. The highest BCUT2D eigenvalue weighted by atomic mass is 16.1. The van der Waals surface area contributed by atoms with E-state index in [2.05, 4.69) is 43.5 Å². The lowest BCUT2D eigenvalue weighted by molar-refractivity contribution is -0.125. The third-order valence-corrected chi connectivity index (χ3v) is 3.65. The van der Waals surface area contributed by atoms with Crippen molar-refractivity contribution in [3.05, 3.63) is 0 Å². The van der Waals surface area contributed by atoms with Crippen molar-refractivity contribution in [3.8, 4) is 0 Å². The summed E-state index contributed by atoms with van der Waals surface area (Å²) in [7, 11) is 4.17. The molecule has 0 bridgehead atoms. The van der Waals surface area contributed by atoms with E-state index < -0.39 is 0 Å². The van der Waals surface area contributed by atoms with Crippen molar-refractivity contribution >= 4 is 5.91 Å². The molecule has 1 aliphatic heterocycles. The number of hydrogen-bond acceptors (Lipinski definition) is 3. The van der Waals surface area contributed by atoms with Crippen LogP contribution in [0.5, 0.6) is 0 Å². The molecule has 1 fully saturated rings. The molecule has 4 nitrogen and oxygen atoms in total. The van der Waals surface area contributed by atoms with Crippen LogP contribution in [0.1, 0.15) is 33.1 Å². The normalized spacial score (nSPS) is 22.2. The molecule has 0 aromatic carbocycles. The van der Waals surface area contributed by atoms with Gasteiger partial charge < -0.3 is 15.5 Å². The topological polar surface area (TPSA) is 44.4 Å². The van der Waals surface area contributed by atoms with E-state index in [1.54, 1.807) is 0 Å². The number of piperidine rings is 1. The number of nitrogens with zero attached hydrogens (tertiary/aromatic N) is 1. The lowest BCUT2D eigenvalue weighted by Crippen LogP contribution is -2.45. The molecule has 1 heterocycles. The van der Waals surface area contributed by atoms with Crippen LogP contribution < -0.4 is 10.6 Å². The molecule has 106 valence electrons. The second-order valence-electron chi connectivity index (χ2n) is 6.04. The van der Waals surface area contributed by atoms with Gasteiger partial charge in [0.25, 0.3) is 0 Å². The average Bonchev–Trinajstić information content (AvgIpc) is 2.34. The minimum atomic E-state index is 0.167. The zero-order chi connectivity index (χ0) is 13.5. The highest BCUT2D eigenvalue weighted by molar-refractivity contribution is 5.79. The lowest BCUT2D eigenvalue weighted by Gasteiger charge is -2.28. The Morgan fingerprint density at radius 1 is 1.44 bits per heavy atom. The second-order valence-corrected chi connectivity index (χ2v) is 6.04. The van der Waals surface area contributed by atoms with Gasteiger partial charge >= 0.3 is 0 Å². The summed E-state index contributed by atoms with van der Waals surface area (Å²) >= 11 is 0. The number of carbonyl (C=O) groups excluding carboxylic acids is 1. The number of carbonyl (C=O) groups is 1. The van der Waals surface area contributed by atoms with Crippen molar-refractivity contribution in [2.75, 3.05) is 33.7 Å². The summed E-state index contributed by atoms with van der Waals surface area (Å²) in [6, 6.07) is 0.436. The molecule has 1 aliphatic rings. The van der Waals surface area contributed by atoms with Crippen molar-refractivity contribution < 1.29 is 4.79 Å². The molecule has 1 rings (SSSR count). The van der Waals surface area contributed by atoms with E-state index in [0.717, 1.165) is 38.9 Å². The molecule has 4 heteroatoms. The van der Waals surface area contributed by atoms with Crippen molar-refractivity contribution in [1.29, 1.82) is 0 Å². The fourth-order valence-corrected chi connectivity index (χ4v) is 2.46. The molecule has 2 unspecified atom stereocenters. The van der Waals surface area contributed by atoms with Gasteiger partial charge in [-0.25, -0.2) is 0 Å². The Hall–Kier alpha value is -0.610. The number of amides is 1. The van der Waals surface area contributed by atoms with Gasteiger partial charge in [-0.05, 0) is 45.8 Å². The summed E-state index contributed by atoms with van der Waals surface area (Å²) < 4.78 is 0. The third-order valence-electron chi connectivity index (χ3n) is 3.65. The second kappa shape index (κ2) is 7.74. The van der Waals surface area contributed by atoms with Crippen molar-refractivity contribution in [3.63, 3.8) is 0 Å². The minimum absolute atomic E-state index is 0.167. The summed E-state index contributed by atoms with van der Waals surface area (Å²) in [6.07, 6.45) is 3.26. The SMILES string of the molecule is CC(C)CC(CNC(=O)C1CCCNC1)N(C)C. The van der Waals surface area contributed by atoms with E-state index in [-0.39, 0.29) is 11.8 Å². The molecule has 0 saturated carbocycles. The summed E-state index contributed by atoms with van der Waals surface area (Å²) in [6.45, 7) is 7.10. The summed E-state index contributed by atoms with van der Waals surface area (Å²) in [5, 5.41) is 6.41. The quantitative estimate of drug-likeness (QED) is 0.746. The van der Waals surface area contributed by atoms with Crippen LogP contribution in [0, 0.1) is 11.8 Å². The van der Waals surface area contributed by atoms with E-state index in [4.69, 9.17) is 0 Å². The maximum atomic E-state index is 12.0. The fourth-order valence-electron chi connectivity index (χ4n) is 2.46. The molecule has 0 spiro atoms. The van der Waals surface area contributed by atoms with E-state index in [0.29, 0.717) is 12.0 Å². The van der Waals surface area contributed by atoms with Gasteiger partial charge in [-0.15, -0.1) is 0 Å². The Bertz CT molecular complexity index is 247. The molecule has 18 heavy (non-hydrogen) atoms. The van der Waals surface area contributed by atoms with Crippen LogP contribution in [-0.4, -0.2) is 50.6 Å². The summed E-state index contributed by atoms with van der Waals surface area (Å²) in [5.74, 6) is 1.05. The van der Waals surface area contributed by atoms with Gasteiger partial charge in [0.05, 0.1) is 5.92 Å². The molecule has 2 atom stereocenters. The largest absolute Gasteiger partial charge is 0.354 e. The lowest BCUT2D eigenvalue weighted by atomic mass is 9.98. The van der Waals surface area contributed by atoms with Gasteiger partial charge in [0.15, 0.2) is 0 Å². The molecule has 1 saturated heterocycles. The van der Waals surface area contributed by atoms with Crippen LogP contribution in [-0.2, 0) is 4.79 Å². The Labute approximate surface area is 111 Å². The van der Waals surface area contributed by atoms with Gasteiger partial charge in [0, 0.05) is 19.1 Å². The van der Waals surface area contributed by atoms with E-state index >= 15 is 0 Å². The van der Waals surface area contributed by atoms with Crippen LogP contribution >= 0.6 is 0 Å². The predicted molar refractivity (Wildman–Crippen MR) is 75.5 cm³/mol. The minimum Gasteiger partial charge on any atom is -0.354 e. The highest BCUT2D eigenvalue weighted by Gasteiger charge is 2.22. The predicted octanol–water partition coefficient (Wildman–Crippen LogP) is 1.08. The van der Waals surface area contributed by atoms with Crippen LogP contribution in [0.3, 0.4) is 0 Å². The van der Waals surface area contributed by atoms with Gasteiger partial charge in [-0.3, -0.25) is 4.79 Å². The van der Waals surface area contributed by atoms with Gasteiger partial charge in [-0.1, -0.05) is 13.8 Å². The zero-order valence-corrected chi connectivity index (χ0v) is 12.3. The Morgan fingerprint density at radius 3 is 2.67 bits per heavy atom. The number of rotatable bonds is 6. The summed E-state index contributed by atoms with van der Waals surface area (Å²) in [5.41, 5.74) is 0. The molecule has 0 radical (unpaired) electrons. The third kappa shape index (κ3) is 5.36. The van der Waals surface area contributed by atoms with Gasteiger partial charge in [-0.2, -0.15) is 0 Å². The van der Waals surface area contributed by atoms with Gasteiger partial charge in [0.2, 0.25) is 5.91 Å². The van der Waals surface area contributed by atoms with Crippen LogP contribution in [0.15, 0.2) is 0 Å². The van der Waals surface area contributed by atoms with Crippen LogP contribution in [0.2, 0.25) is 0 Å². The number of hydrogen-bond donors (Lipinski definition) is 2. The van der Waals surface area contributed by atoms with Crippen LogP contribution in [0.25, 0.3) is 0 Å². The maximum absolute atomic E-state index is 12.0. The Balaban J connectivity index is 2.33. The highest BCUT2D eigenvalue weighted by Crippen LogP contribution is 2.11. The Morgan fingerprint density at radius 2 is 2.17 bits per heavy atom. The first kappa shape index (κ1) is 15.4. The smallest absolute Gasteiger partial charge is 0.224 e. The van der Waals surface area contributed by atoms with Crippen LogP contribution in [0.4, 0.5) is 0 Å². The van der Waals surface area contributed by atoms with Crippen molar-refractivity contribution in [2.45, 2.75) is 39.2 Å². The van der Waals surface area contributed by atoms with Crippen molar-refractivity contribution in [1.82, 2.24) is 15.5 Å². The number of likely N-dealkylation sites (N-methyl/N-ethyl adjacent to an activating group) is 1. The standard InChI is InChI=1S/C14H29N3O/c1-11(2)8-13(17(3)4)10-16-14(18)12-6-5-7-15-9-12/h11-13,15H,5-10H2,1-4H3,(H,16,18). The Kier molecular flexibility index (Phi) is 6.65. The first-order valence-corrected chi connectivity index (χ1v) is 7.15. The molecule has 2 N–H and O–H groups in total. The van der Waals surface area contributed by atoms with E-state index in [1.165, 1.54) is 0 Å². The van der Waals surface area contributed by atoms with Gasteiger partial charge in [0.1, 0.15) is 0 Å². The van der Waals surface area contributed by atoms with Crippen molar-refractivity contribution in [2.24, 2.45) is 11.8 Å². The average molecular weight is 255 g/mol.